The first kappa shape index (κ1) is 20.9. The molecule has 2 aliphatic rings. The summed E-state index contributed by atoms with van der Waals surface area (Å²) in [6.45, 7) is 6.63. The zero-order chi connectivity index (χ0) is 20.0. The second-order valence-electron chi connectivity index (χ2n) is 8.20. The monoisotopic (exact) mass is 388 g/mol. The van der Waals surface area contributed by atoms with Crippen molar-refractivity contribution in [3.8, 4) is 0 Å². The highest BCUT2D eigenvalue weighted by molar-refractivity contribution is 5.80. The normalized spacial score (nSPS) is 21.0. The summed E-state index contributed by atoms with van der Waals surface area (Å²) in [6, 6.07) is 6.68. The number of nitrogens with one attached hydrogen (secondary N) is 2. The molecule has 0 aliphatic carbocycles. The van der Waals surface area contributed by atoms with Gasteiger partial charge in [0.05, 0.1) is 0 Å². The number of pyridine rings is 1. The van der Waals surface area contributed by atoms with Crippen LogP contribution in [0.5, 0.6) is 0 Å². The summed E-state index contributed by atoms with van der Waals surface area (Å²) < 4.78 is 5.57. The molecule has 0 radical (unpaired) electrons. The molecule has 0 unspecified atom stereocenters. The smallest absolute Gasteiger partial charge is 0.191 e. The molecule has 0 saturated carbocycles. The Hall–Kier alpha value is -1.86. The molecule has 0 spiro atoms. The van der Waals surface area contributed by atoms with Gasteiger partial charge in [-0.25, -0.2) is 4.98 Å². The summed E-state index contributed by atoms with van der Waals surface area (Å²) in [7, 11) is 6.18. The standard InChI is InChI=1S/C21H36N6O/c1-17-6-5-7-19(24-17)27-12-8-18(9-13-27)25-20(22-2)23-16-21(26(3)4)10-14-28-15-11-21/h5-7,18H,8-16H2,1-4H3,(H2,22,23,25). The van der Waals surface area contributed by atoms with E-state index in [2.05, 4.69) is 56.6 Å². The van der Waals surface area contributed by atoms with Crippen molar-refractivity contribution in [1.29, 1.82) is 0 Å². The second kappa shape index (κ2) is 9.56. The average molecular weight is 389 g/mol. The van der Waals surface area contributed by atoms with Crippen LogP contribution >= 0.6 is 0 Å². The van der Waals surface area contributed by atoms with E-state index in [1.807, 2.05) is 20.0 Å². The molecule has 1 aromatic heterocycles. The molecule has 156 valence electrons. The number of rotatable bonds is 5. The number of aliphatic imine (C=N–C) groups is 1. The van der Waals surface area contributed by atoms with Gasteiger partial charge in [0.25, 0.3) is 0 Å². The highest BCUT2D eigenvalue weighted by atomic mass is 16.5. The van der Waals surface area contributed by atoms with Crippen LogP contribution in [0.1, 0.15) is 31.4 Å². The topological polar surface area (TPSA) is 65.0 Å². The summed E-state index contributed by atoms with van der Waals surface area (Å²) in [5.41, 5.74) is 1.21. The van der Waals surface area contributed by atoms with Gasteiger partial charge in [-0.3, -0.25) is 4.99 Å². The zero-order valence-electron chi connectivity index (χ0n) is 17.9. The molecular weight excluding hydrogens is 352 g/mol. The lowest BCUT2D eigenvalue weighted by atomic mass is 9.88. The predicted molar refractivity (Wildman–Crippen MR) is 115 cm³/mol. The summed E-state index contributed by atoms with van der Waals surface area (Å²) in [6.07, 6.45) is 4.27. The maximum Gasteiger partial charge on any atom is 0.191 e. The molecule has 0 amide bonds. The number of guanidine groups is 1. The minimum atomic E-state index is 0.135. The van der Waals surface area contributed by atoms with Crippen molar-refractivity contribution in [3.05, 3.63) is 23.9 Å². The van der Waals surface area contributed by atoms with Crippen molar-refractivity contribution in [2.24, 2.45) is 4.99 Å². The SMILES string of the molecule is CN=C(NCC1(N(C)C)CCOCC1)NC1CCN(c2cccc(C)n2)CC1. The second-order valence-corrected chi connectivity index (χ2v) is 8.20. The Kier molecular flexibility index (Phi) is 7.13. The minimum Gasteiger partial charge on any atom is -0.381 e. The van der Waals surface area contributed by atoms with Crippen LogP contribution in [-0.2, 0) is 4.74 Å². The van der Waals surface area contributed by atoms with Gasteiger partial charge in [-0.2, -0.15) is 0 Å². The number of piperidine rings is 1. The molecule has 2 saturated heterocycles. The number of aromatic nitrogens is 1. The first-order valence-corrected chi connectivity index (χ1v) is 10.4. The van der Waals surface area contributed by atoms with Gasteiger partial charge in [0.1, 0.15) is 5.82 Å². The highest BCUT2D eigenvalue weighted by Crippen LogP contribution is 2.25. The average Bonchev–Trinajstić information content (AvgIpc) is 2.72. The molecule has 3 rings (SSSR count). The number of anilines is 1. The van der Waals surface area contributed by atoms with Gasteiger partial charge in [-0.1, -0.05) is 6.07 Å². The van der Waals surface area contributed by atoms with Crippen molar-refractivity contribution in [2.75, 3.05) is 58.9 Å². The van der Waals surface area contributed by atoms with Crippen molar-refractivity contribution >= 4 is 11.8 Å². The summed E-state index contributed by atoms with van der Waals surface area (Å²) in [5, 5.41) is 7.20. The van der Waals surface area contributed by atoms with Gasteiger partial charge in [0.15, 0.2) is 5.96 Å². The van der Waals surface area contributed by atoms with Crippen LogP contribution < -0.4 is 15.5 Å². The van der Waals surface area contributed by atoms with E-state index in [4.69, 9.17) is 4.74 Å². The first-order chi connectivity index (χ1) is 13.5. The van der Waals surface area contributed by atoms with E-state index in [1.165, 1.54) is 0 Å². The van der Waals surface area contributed by atoms with Crippen LogP contribution in [0, 0.1) is 6.92 Å². The van der Waals surface area contributed by atoms with Gasteiger partial charge in [0, 0.05) is 57.2 Å². The van der Waals surface area contributed by atoms with Crippen LogP contribution in [0.4, 0.5) is 5.82 Å². The van der Waals surface area contributed by atoms with E-state index >= 15 is 0 Å². The van der Waals surface area contributed by atoms with Gasteiger partial charge in [-0.15, -0.1) is 0 Å². The highest BCUT2D eigenvalue weighted by Gasteiger charge is 2.35. The Morgan fingerprint density at radius 1 is 1.29 bits per heavy atom. The number of nitrogens with zero attached hydrogens (tertiary/aromatic N) is 4. The quantitative estimate of drug-likeness (QED) is 0.591. The van der Waals surface area contributed by atoms with Crippen molar-refractivity contribution < 1.29 is 4.74 Å². The fourth-order valence-corrected chi connectivity index (χ4v) is 4.13. The summed E-state index contributed by atoms with van der Waals surface area (Å²) >= 11 is 0. The summed E-state index contributed by atoms with van der Waals surface area (Å²) in [5.74, 6) is 1.99. The Morgan fingerprint density at radius 2 is 2.00 bits per heavy atom. The first-order valence-electron chi connectivity index (χ1n) is 10.4. The number of likely N-dealkylation sites (N-methyl/N-ethyl adjacent to an activating group) is 1. The van der Waals surface area contributed by atoms with E-state index in [9.17, 15) is 0 Å². The minimum absolute atomic E-state index is 0.135. The van der Waals surface area contributed by atoms with Crippen molar-refractivity contribution in [2.45, 2.75) is 44.2 Å². The lowest BCUT2D eigenvalue weighted by Gasteiger charge is -2.43. The van der Waals surface area contributed by atoms with E-state index < -0.39 is 0 Å². The number of hydrogen-bond acceptors (Lipinski definition) is 5. The molecule has 2 fully saturated rings. The van der Waals surface area contributed by atoms with E-state index in [0.717, 1.165) is 76.0 Å². The van der Waals surface area contributed by atoms with Gasteiger partial charge < -0.3 is 25.2 Å². The fraction of sp³-hybridized carbons (Fsp3) is 0.714. The summed E-state index contributed by atoms with van der Waals surface area (Å²) in [4.78, 5) is 13.8. The maximum atomic E-state index is 5.57. The molecule has 0 aromatic carbocycles. The Morgan fingerprint density at radius 3 is 2.61 bits per heavy atom. The Bertz CT molecular complexity index is 648. The largest absolute Gasteiger partial charge is 0.381 e. The van der Waals surface area contributed by atoms with Gasteiger partial charge >= 0.3 is 0 Å². The molecule has 1 aromatic rings. The molecule has 28 heavy (non-hydrogen) atoms. The van der Waals surface area contributed by atoms with Crippen LogP contribution in [0.2, 0.25) is 0 Å². The van der Waals surface area contributed by atoms with E-state index in [0.29, 0.717) is 6.04 Å². The molecule has 7 nitrogen and oxygen atoms in total. The predicted octanol–water partition coefficient (Wildman–Crippen LogP) is 1.63. The number of ether oxygens (including phenoxy) is 1. The third kappa shape index (κ3) is 5.14. The zero-order valence-corrected chi connectivity index (χ0v) is 17.9. The Balaban J connectivity index is 1.49. The van der Waals surface area contributed by atoms with E-state index in [-0.39, 0.29) is 5.54 Å². The molecule has 2 N–H and O–H groups in total. The molecule has 0 bridgehead atoms. The lowest BCUT2D eigenvalue weighted by Crippen LogP contribution is -2.58. The van der Waals surface area contributed by atoms with Crippen LogP contribution in [0.15, 0.2) is 23.2 Å². The number of aryl methyl sites for hydroxylation is 1. The lowest BCUT2D eigenvalue weighted by molar-refractivity contribution is -0.00503. The van der Waals surface area contributed by atoms with Crippen LogP contribution in [-0.4, -0.2) is 81.4 Å². The van der Waals surface area contributed by atoms with Crippen LogP contribution in [0.3, 0.4) is 0 Å². The Labute approximate surface area is 169 Å². The van der Waals surface area contributed by atoms with Gasteiger partial charge in [-0.05, 0) is 58.8 Å². The van der Waals surface area contributed by atoms with Crippen LogP contribution in [0.25, 0.3) is 0 Å². The van der Waals surface area contributed by atoms with Crippen molar-refractivity contribution in [1.82, 2.24) is 20.5 Å². The maximum absolute atomic E-state index is 5.57. The fourth-order valence-electron chi connectivity index (χ4n) is 4.13. The van der Waals surface area contributed by atoms with Crippen molar-refractivity contribution in [3.63, 3.8) is 0 Å². The third-order valence-electron chi connectivity index (χ3n) is 6.21. The van der Waals surface area contributed by atoms with Gasteiger partial charge in [0.2, 0.25) is 0 Å². The van der Waals surface area contributed by atoms with E-state index in [1.54, 1.807) is 0 Å². The molecule has 7 heteroatoms. The molecule has 0 atom stereocenters. The molecule has 2 aliphatic heterocycles. The number of hydrogen-bond donors (Lipinski definition) is 2. The third-order valence-corrected chi connectivity index (χ3v) is 6.21. The molecule has 3 heterocycles. The molecular formula is C21H36N6O.